The van der Waals surface area contributed by atoms with Crippen molar-refractivity contribution in [3.63, 3.8) is 0 Å². The van der Waals surface area contributed by atoms with Crippen LogP contribution in [0.25, 0.3) is 0 Å². The average Bonchev–Trinajstić information content (AvgIpc) is 2.99. The minimum atomic E-state index is -0.833. The van der Waals surface area contributed by atoms with Crippen LogP contribution >= 0.6 is 0 Å². The van der Waals surface area contributed by atoms with E-state index in [1.807, 2.05) is 13.8 Å². The van der Waals surface area contributed by atoms with Gasteiger partial charge >= 0.3 is 6.09 Å². The quantitative estimate of drug-likeness (QED) is 0.107. The molecule has 11 heteroatoms. The Morgan fingerprint density at radius 2 is 1.38 bits per heavy atom. The Balaban J connectivity index is 2.41. The summed E-state index contributed by atoms with van der Waals surface area (Å²) in [5, 5.41) is 13.7. The zero-order valence-corrected chi connectivity index (χ0v) is 30.2. The van der Waals surface area contributed by atoms with E-state index in [1.54, 1.807) is 31.2 Å². The van der Waals surface area contributed by atoms with Crippen LogP contribution in [-0.4, -0.2) is 54.9 Å². The van der Waals surface area contributed by atoms with Crippen molar-refractivity contribution in [2.45, 2.75) is 126 Å². The molecule has 1 aromatic carbocycles. The number of ether oxygens (including phenoxy) is 1. The molecule has 11 nitrogen and oxygen atoms in total. The van der Waals surface area contributed by atoms with Gasteiger partial charge in [0.2, 0.25) is 23.6 Å². The van der Waals surface area contributed by atoms with E-state index in [0.29, 0.717) is 36.9 Å². The lowest BCUT2D eigenvalue weighted by Gasteiger charge is -2.28. The zero-order valence-electron chi connectivity index (χ0n) is 30.2. The molecule has 1 aromatic rings. The third kappa shape index (κ3) is 17.8. The number of carbonyl (C=O) groups excluding carboxylic acids is 5. The van der Waals surface area contributed by atoms with Crippen molar-refractivity contribution in [3.05, 3.63) is 29.8 Å². The number of hydrogen-bond acceptors (Lipinski definition) is 6. The first-order valence-electron chi connectivity index (χ1n) is 17.2. The van der Waals surface area contributed by atoms with Crippen LogP contribution in [0.5, 0.6) is 0 Å². The molecule has 0 saturated carbocycles. The van der Waals surface area contributed by atoms with E-state index in [1.165, 1.54) is 0 Å². The maximum Gasteiger partial charge on any atom is 0.407 e. The molecule has 0 heterocycles. The monoisotopic (exact) mass is 659 g/mol. The van der Waals surface area contributed by atoms with Crippen molar-refractivity contribution in [1.29, 1.82) is 0 Å². The zero-order chi connectivity index (χ0) is 35.6. The highest BCUT2D eigenvalue weighted by molar-refractivity contribution is 5.98. The molecule has 0 fully saturated rings. The second-order valence-electron chi connectivity index (χ2n) is 14.2. The standard InChI is InChI=1S/C36H61N5O6/c1-24(2)13-11-10-12-14-31(43)41-32(25(3)4)34(45)39-27(7)33(44)40-29-17-15-28(16-18-29)23-47-35(46)38-22-21-37-30(42)19-20-36(8,9)26(5)6/h15-18,24-27,32H,10-14,19-23H2,1-9H3,(H,37,42)(H,38,46)(H,39,45)(H,40,44)(H,41,43)/t27-,32-/m0/s1. The molecule has 0 radical (unpaired) electrons. The Kier molecular flexibility index (Phi) is 18.7. The lowest BCUT2D eigenvalue weighted by molar-refractivity contribution is -0.131. The maximum atomic E-state index is 12.9. The predicted octanol–water partition coefficient (Wildman–Crippen LogP) is 5.68. The van der Waals surface area contributed by atoms with Gasteiger partial charge in [0.05, 0.1) is 0 Å². The van der Waals surface area contributed by atoms with E-state index >= 15 is 0 Å². The normalized spacial score (nSPS) is 12.8. The van der Waals surface area contributed by atoms with E-state index in [9.17, 15) is 24.0 Å². The van der Waals surface area contributed by atoms with Gasteiger partial charge < -0.3 is 31.3 Å². The molecular weight excluding hydrogens is 598 g/mol. The molecule has 5 amide bonds. The largest absolute Gasteiger partial charge is 0.445 e. The topological polar surface area (TPSA) is 155 Å². The summed E-state index contributed by atoms with van der Waals surface area (Å²) in [4.78, 5) is 62.3. The summed E-state index contributed by atoms with van der Waals surface area (Å²) >= 11 is 0. The van der Waals surface area contributed by atoms with Gasteiger partial charge in [-0.2, -0.15) is 0 Å². The Morgan fingerprint density at radius 3 is 1.98 bits per heavy atom. The maximum absolute atomic E-state index is 12.9. The van der Waals surface area contributed by atoms with E-state index in [4.69, 9.17) is 4.74 Å². The highest BCUT2D eigenvalue weighted by Gasteiger charge is 2.27. The average molecular weight is 660 g/mol. The molecule has 5 N–H and O–H groups in total. The number of nitrogens with one attached hydrogen (secondary N) is 5. The summed E-state index contributed by atoms with van der Waals surface area (Å²) in [6.07, 6.45) is 4.98. The van der Waals surface area contributed by atoms with E-state index in [2.05, 4.69) is 68.1 Å². The van der Waals surface area contributed by atoms with Gasteiger partial charge in [-0.15, -0.1) is 0 Å². The number of alkyl carbamates (subject to hydrolysis) is 1. The molecule has 0 spiro atoms. The van der Waals surface area contributed by atoms with Gasteiger partial charge in [0, 0.05) is 31.6 Å². The SMILES string of the molecule is CC(C)CCCCCC(=O)N[C@H](C(=O)N[C@@H](C)C(=O)Nc1ccc(COC(=O)NCCNC(=O)CCC(C)(C)C(C)C)cc1)C(C)C. The van der Waals surface area contributed by atoms with Crippen LogP contribution < -0.4 is 26.6 Å². The fourth-order valence-electron chi connectivity index (χ4n) is 4.48. The van der Waals surface area contributed by atoms with Crippen molar-refractivity contribution < 1.29 is 28.7 Å². The molecule has 0 aliphatic heterocycles. The highest BCUT2D eigenvalue weighted by Crippen LogP contribution is 2.31. The van der Waals surface area contributed by atoms with Crippen molar-refractivity contribution in [1.82, 2.24) is 21.3 Å². The van der Waals surface area contributed by atoms with Crippen LogP contribution in [0.3, 0.4) is 0 Å². The number of carbonyl (C=O) groups is 5. The Labute approximate surface area is 282 Å². The van der Waals surface area contributed by atoms with Crippen LogP contribution in [0.4, 0.5) is 10.5 Å². The van der Waals surface area contributed by atoms with E-state index in [0.717, 1.165) is 37.7 Å². The molecular formula is C36H61N5O6. The minimum Gasteiger partial charge on any atom is -0.445 e. The van der Waals surface area contributed by atoms with Crippen molar-refractivity contribution in [2.75, 3.05) is 18.4 Å². The molecule has 0 aliphatic carbocycles. The molecule has 0 bridgehead atoms. The molecule has 0 aromatic heterocycles. The van der Waals surface area contributed by atoms with Gasteiger partial charge in [0.25, 0.3) is 0 Å². The molecule has 0 aliphatic rings. The van der Waals surface area contributed by atoms with Gasteiger partial charge in [-0.25, -0.2) is 4.79 Å². The predicted molar refractivity (Wildman–Crippen MR) is 186 cm³/mol. The molecule has 0 unspecified atom stereocenters. The van der Waals surface area contributed by atoms with E-state index < -0.39 is 30.0 Å². The van der Waals surface area contributed by atoms with Gasteiger partial charge in [-0.1, -0.05) is 86.8 Å². The highest BCUT2D eigenvalue weighted by atomic mass is 16.5. The number of unbranched alkanes of at least 4 members (excludes halogenated alkanes) is 2. The van der Waals surface area contributed by atoms with Crippen LogP contribution in [0, 0.1) is 23.2 Å². The number of anilines is 1. The summed E-state index contributed by atoms with van der Waals surface area (Å²) in [5.74, 6) is -0.0417. The van der Waals surface area contributed by atoms with Crippen LogP contribution in [-0.2, 0) is 30.5 Å². The Hall–Kier alpha value is -3.63. The van der Waals surface area contributed by atoms with Crippen LogP contribution in [0.15, 0.2) is 24.3 Å². The first-order valence-corrected chi connectivity index (χ1v) is 17.2. The van der Waals surface area contributed by atoms with Crippen LogP contribution in [0.2, 0.25) is 0 Å². The fraction of sp³-hybridized carbons (Fsp3) is 0.694. The van der Waals surface area contributed by atoms with Crippen molar-refractivity contribution in [3.8, 4) is 0 Å². The molecule has 266 valence electrons. The number of hydrogen-bond donors (Lipinski definition) is 5. The van der Waals surface area contributed by atoms with Crippen molar-refractivity contribution in [2.24, 2.45) is 23.2 Å². The molecule has 0 saturated heterocycles. The smallest absolute Gasteiger partial charge is 0.407 e. The Morgan fingerprint density at radius 1 is 0.745 bits per heavy atom. The summed E-state index contributed by atoms with van der Waals surface area (Å²) in [6, 6.07) is 5.22. The second-order valence-corrected chi connectivity index (χ2v) is 14.2. The van der Waals surface area contributed by atoms with Crippen LogP contribution in [0.1, 0.15) is 113 Å². The second kappa shape index (κ2) is 21.3. The number of rotatable bonds is 21. The third-order valence-corrected chi connectivity index (χ3v) is 8.57. The van der Waals surface area contributed by atoms with E-state index in [-0.39, 0.29) is 36.3 Å². The summed E-state index contributed by atoms with van der Waals surface area (Å²) in [5.41, 5.74) is 1.32. The summed E-state index contributed by atoms with van der Waals surface area (Å²) in [7, 11) is 0. The fourth-order valence-corrected chi connectivity index (χ4v) is 4.48. The lowest BCUT2D eigenvalue weighted by Crippen LogP contribution is -2.53. The van der Waals surface area contributed by atoms with Gasteiger partial charge in [-0.3, -0.25) is 19.2 Å². The molecule has 2 atom stereocenters. The number of amides is 5. The first kappa shape index (κ1) is 41.4. The van der Waals surface area contributed by atoms with Gasteiger partial charge in [-0.05, 0) is 60.6 Å². The van der Waals surface area contributed by atoms with Gasteiger partial charge in [0.15, 0.2) is 0 Å². The lowest BCUT2D eigenvalue weighted by atomic mass is 9.77. The number of benzene rings is 1. The Bertz CT molecular complexity index is 1130. The van der Waals surface area contributed by atoms with Gasteiger partial charge in [0.1, 0.15) is 18.7 Å². The first-order chi connectivity index (χ1) is 22.0. The molecule has 47 heavy (non-hydrogen) atoms. The van der Waals surface area contributed by atoms with Crippen molar-refractivity contribution >= 4 is 35.4 Å². The summed E-state index contributed by atoms with van der Waals surface area (Å²) in [6.45, 7) is 18.8. The molecule has 1 rings (SSSR count). The summed E-state index contributed by atoms with van der Waals surface area (Å²) < 4.78 is 5.24. The minimum absolute atomic E-state index is 0.0312. The third-order valence-electron chi connectivity index (χ3n) is 8.57.